The van der Waals surface area contributed by atoms with Gasteiger partial charge in [0, 0.05) is 6.04 Å². The lowest BCUT2D eigenvalue weighted by atomic mass is 9.82. The zero-order chi connectivity index (χ0) is 13.2. The van der Waals surface area contributed by atoms with Crippen molar-refractivity contribution in [2.45, 2.75) is 90.4 Å². The first kappa shape index (κ1) is 14.3. The molecule has 0 radical (unpaired) electrons. The highest BCUT2D eigenvalue weighted by atomic mass is 16.5. The lowest BCUT2D eigenvalue weighted by Gasteiger charge is -2.29. The van der Waals surface area contributed by atoms with Gasteiger partial charge in [-0.25, -0.2) is 0 Å². The highest BCUT2D eigenvalue weighted by molar-refractivity contribution is 4.93. The van der Waals surface area contributed by atoms with Crippen LogP contribution in [0.2, 0.25) is 0 Å². The van der Waals surface area contributed by atoms with Crippen LogP contribution in [-0.4, -0.2) is 24.3 Å². The summed E-state index contributed by atoms with van der Waals surface area (Å²) in [5.41, 5.74) is 0.635. The summed E-state index contributed by atoms with van der Waals surface area (Å²) in [4.78, 5) is 0. The minimum absolute atomic E-state index is 0.124. The van der Waals surface area contributed by atoms with Crippen molar-refractivity contribution >= 4 is 0 Å². The Morgan fingerprint density at radius 2 is 1.94 bits per heavy atom. The van der Waals surface area contributed by atoms with Crippen LogP contribution in [0.5, 0.6) is 0 Å². The van der Waals surface area contributed by atoms with Gasteiger partial charge in [-0.3, -0.25) is 0 Å². The van der Waals surface area contributed by atoms with E-state index in [1.54, 1.807) is 0 Å². The topological polar surface area (TPSA) is 21.3 Å². The van der Waals surface area contributed by atoms with E-state index in [0.29, 0.717) is 11.5 Å². The van der Waals surface area contributed by atoms with E-state index in [0.717, 1.165) is 6.04 Å². The van der Waals surface area contributed by atoms with Crippen LogP contribution in [0.15, 0.2) is 0 Å². The third-order valence-electron chi connectivity index (χ3n) is 4.79. The first-order valence-electron chi connectivity index (χ1n) is 7.84. The van der Waals surface area contributed by atoms with Gasteiger partial charge in [0.05, 0.1) is 11.7 Å². The van der Waals surface area contributed by atoms with Crippen molar-refractivity contribution in [1.82, 2.24) is 5.32 Å². The summed E-state index contributed by atoms with van der Waals surface area (Å²) >= 11 is 0. The van der Waals surface area contributed by atoms with Crippen LogP contribution in [-0.2, 0) is 4.74 Å². The molecule has 2 rings (SSSR count). The Bertz CT molecular complexity index is 276. The molecule has 0 bridgehead atoms. The third kappa shape index (κ3) is 3.71. The fourth-order valence-electron chi connectivity index (χ4n) is 3.80. The van der Waals surface area contributed by atoms with Gasteiger partial charge in [0.2, 0.25) is 0 Å². The molecule has 0 aromatic carbocycles. The van der Waals surface area contributed by atoms with Gasteiger partial charge in [0.25, 0.3) is 0 Å². The van der Waals surface area contributed by atoms with Crippen molar-refractivity contribution in [2.75, 3.05) is 6.54 Å². The maximum absolute atomic E-state index is 6.17. The highest BCUT2D eigenvalue weighted by Gasteiger charge is 2.40. The predicted molar refractivity (Wildman–Crippen MR) is 76.8 cm³/mol. The second-order valence-corrected chi connectivity index (χ2v) is 7.45. The Morgan fingerprint density at radius 3 is 2.56 bits per heavy atom. The summed E-state index contributed by atoms with van der Waals surface area (Å²) in [6.45, 7) is 10.4. The Hall–Kier alpha value is -0.0800. The van der Waals surface area contributed by atoms with E-state index in [1.807, 2.05) is 0 Å². The second kappa shape index (κ2) is 5.50. The van der Waals surface area contributed by atoms with Crippen molar-refractivity contribution in [3.8, 4) is 0 Å². The summed E-state index contributed by atoms with van der Waals surface area (Å²) in [6, 6.07) is 0.754. The van der Waals surface area contributed by atoms with Gasteiger partial charge in [-0.05, 0) is 70.8 Å². The molecule has 1 saturated heterocycles. The molecular formula is C16H31NO. The molecule has 1 aliphatic carbocycles. The molecule has 1 saturated carbocycles. The molecule has 1 N–H and O–H groups in total. The molecule has 1 heterocycles. The summed E-state index contributed by atoms with van der Waals surface area (Å²) in [7, 11) is 0. The molecule has 0 aromatic heterocycles. The Morgan fingerprint density at radius 1 is 1.17 bits per heavy atom. The number of ether oxygens (including phenoxy) is 1. The third-order valence-corrected chi connectivity index (χ3v) is 4.79. The fraction of sp³-hybridized carbons (Fsp3) is 1.00. The maximum Gasteiger partial charge on any atom is 0.0631 e. The number of nitrogens with one attached hydrogen (secondary N) is 1. The van der Waals surface area contributed by atoms with E-state index in [9.17, 15) is 0 Å². The van der Waals surface area contributed by atoms with Gasteiger partial charge in [0.1, 0.15) is 0 Å². The Labute approximate surface area is 113 Å². The summed E-state index contributed by atoms with van der Waals surface area (Å²) in [5, 5.41) is 3.69. The number of hydrogen-bond donors (Lipinski definition) is 1. The molecule has 2 aliphatic rings. The van der Waals surface area contributed by atoms with Crippen LogP contribution in [0.1, 0.15) is 72.6 Å². The average molecular weight is 253 g/mol. The lowest BCUT2D eigenvalue weighted by molar-refractivity contribution is -0.0332. The molecule has 2 fully saturated rings. The van der Waals surface area contributed by atoms with Gasteiger partial charge in [0.15, 0.2) is 0 Å². The van der Waals surface area contributed by atoms with Crippen molar-refractivity contribution in [1.29, 1.82) is 0 Å². The van der Waals surface area contributed by atoms with Gasteiger partial charge < -0.3 is 10.1 Å². The number of hydrogen-bond acceptors (Lipinski definition) is 2. The zero-order valence-electron chi connectivity index (χ0n) is 12.7. The molecule has 2 heteroatoms. The van der Waals surface area contributed by atoms with Crippen LogP contribution >= 0.6 is 0 Å². The van der Waals surface area contributed by atoms with Crippen molar-refractivity contribution < 1.29 is 4.74 Å². The molecule has 18 heavy (non-hydrogen) atoms. The van der Waals surface area contributed by atoms with Crippen molar-refractivity contribution in [3.63, 3.8) is 0 Å². The van der Waals surface area contributed by atoms with E-state index in [4.69, 9.17) is 4.74 Å². The monoisotopic (exact) mass is 253 g/mol. The summed E-state index contributed by atoms with van der Waals surface area (Å²) in [6.07, 6.45) is 9.57. The first-order chi connectivity index (χ1) is 8.42. The SMILES string of the molecule is CCCNC1CCC(C)(CC2CCC(C)(C)O2)C1. The van der Waals surface area contributed by atoms with Crippen molar-refractivity contribution in [2.24, 2.45) is 5.41 Å². The van der Waals surface area contributed by atoms with Gasteiger partial charge in [-0.15, -0.1) is 0 Å². The molecule has 0 aromatic rings. The van der Waals surface area contributed by atoms with Gasteiger partial charge in [-0.1, -0.05) is 13.8 Å². The van der Waals surface area contributed by atoms with E-state index >= 15 is 0 Å². The lowest BCUT2D eigenvalue weighted by Crippen LogP contribution is -2.30. The Kier molecular flexibility index (Phi) is 4.38. The molecule has 106 valence electrons. The highest BCUT2D eigenvalue weighted by Crippen LogP contribution is 2.45. The standard InChI is InChI=1S/C16H31NO/c1-5-10-17-13-6-9-16(4,11-13)12-14-7-8-15(2,3)18-14/h13-14,17H,5-12H2,1-4H3. The van der Waals surface area contributed by atoms with E-state index in [-0.39, 0.29) is 5.60 Å². The zero-order valence-corrected chi connectivity index (χ0v) is 12.7. The van der Waals surface area contributed by atoms with Gasteiger partial charge in [-0.2, -0.15) is 0 Å². The van der Waals surface area contributed by atoms with Crippen molar-refractivity contribution in [3.05, 3.63) is 0 Å². The molecular weight excluding hydrogens is 222 g/mol. The molecule has 1 aliphatic heterocycles. The first-order valence-corrected chi connectivity index (χ1v) is 7.84. The summed E-state index contributed by atoms with van der Waals surface area (Å²) < 4.78 is 6.17. The number of rotatable bonds is 5. The normalized spacial score (nSPS) is 39.3. The fourth-order valence-corrected chi connectivity index (χ4v) is 3.80. The van der Waals surface area contributed by atoms with E-state index in [1.165, 1.54) is 51.5 Å². The molecule has 3 atom stereocenters. The van der Waals surface area contributed by atoms with Crippen LogP contribution in [0.25, 0.3) is 0 Å². The minimum Gasteiger partial charge on any atom is -0.372 e. The van der Waals surface area contributed by atoms with E-state index in [2.05, 4.69) is 33.0 Å². The molecule has 0 amide bonds. The van der Waals surface area contributed by atoms with Crippen LogP contribution in [0.3, 0.4) is 0 Å². The van der Waals surface area contributed by atoms with Crippen LogP contribution in [0.4, 0.5) is 0 Å². The summed E-state index contributed by atoms with van der Waals surface area (Å²) in [5.74, 6) is 0. The van der Waals surface area contributed by atoms with Crippen LogP contribution < -0.4 is 5.32 Å². The average Bonchev–Trinajstić information content (AvgIpc) is 2.80. The quantitative estimate of drug-likeness (QED) is 0.802. The minimum atomic E-state index is 0.124. The van der Waals surface area contributed by atoms with Crippen LogP contribution in [0, 0.1) is 5.41 Å². The van der Waals surface area contributed by atoms with Gasteiger partial charge >= 0.3 is 0 Å². The smallest absolute Gasteiger partial charge is 0.0631 e. The maximum atomic E-state index is 6.17. The second-order valence-electron chi connectivity index (χ2n) is 7.45. The molecule has 3 unspecified atom stereocenters. The Balaban J connectivity index is 1.79. The molecule has 2 nitrogen and oxygen atoms in total. The largest absolute Gasteiger partial charge is 0.372 e. The van der Waals surface area contributed by atoms with E-state index < -0.39 is 0 Å². The molecule has 0 spiro atoms. The predicted octanol–water partition coefficient (Wildman–Crippen LogP) is 3.89.